The Kier molecular flexibility index (Phi) is 6.54. The molecular formula is C26H29N3O3S. The van der Waals surface area contributed by atoms with E-state index in [0.29, 0.717) is 11.3 Å². The molecule has 2 amide bonds. The first kappa shape index (κ1) is 23.0. The van der Waals surface area contributed by atoms with E-state index in [0.717, 1.165) is 24.2 Å². The Hall–Kier alpha value is -3.16. The Labute approximate surface area is 195 Å². The summed E-state index contributed by atoms with van der Waals surface area (Å²) >= 11 is 0. The molecule has 0 aromatic heterocycles. The van der Waals surface area contributed by atoms with Crippen LogP contribution in [0, 0.1) is 6.92 Å². The van der Waals surface area contributed by atoms with E-state index in [1.165, 1.54) is 11.1 Å². The largest absolute Gasteiger partial charge is 0.331 e. The van der Waals surface area contributed by atoms with E-state index in [4.69, 9.17) is 0 Å². The van der Waals surface area contributed by atoms with Crippen molar-refractivity contribution in [2.75, 3.05) is 12.4 Å². The maximum absolute atomic E-state index is 13.0. The number of urea groups is 1. The number of carbonyl (C=O) groups is 1. The monoisotopic (exact) mass is 463 g/mol. The lowest BCUT2D eigenvalue weighted by atomic mass is 10.1. The molecule has 3 aromatic carbocycles. The van der Waals surface area contributed by atoms with Gasteiger partial charge < -0.3 is 10.6 Å². The van der Waals surface area contributed by atoms with E-state index < -0.39 is 9.84 Å². The third-order valence-corrected chi connectivity index (χ3v) is 7.65. The molecule has 1 unspecified atom stereocenters. The highest BCUT2D eigenvalue weighted by Crippen LogP contribution is 2.26. The zero-order valence-corrected chi connectivity index (χ0v) is 19.9. The molecule has 1 aliphatic rings. The Morgan fingerprint density at radius 2 is 1.73 bits per heavy atom. The number of sulfone groups is 1. The fourth-order valence-electron chi connectivity index (χ4n) is 4.16. The van der Waals surface area contributed by atoms with E-state index >= 15 is 0 Å². The standard InChI is InChI=1S/C26H29N3O3S/c1-18-13-24(33(31,32)17-20-9-10-22-15-29(3)16-23(22)14-20)11-12-25(18)28-26(30)27-19(2)21-7-5-4-6-8-21/h4-14,19H,15-17H2,1-3H3,(H2,27,28,30). The minimum Gasteiger partial charge on any atom is -0.331 e. The van der Waals surface area contributed by atoms with Crippen molar-refractivity contribution in [3.63, 3.8) is 0 Å². The van der Waals surface area contributed by atoms with Crippen LogP contribution in [0.2, 0.25) is 0 Å². The molecule has 0 saturated heterocycles. The number of benzene rings is 3. The molecule has 33 heavy (non-hydrogen) atoms. The topological polar surface area (TPSA) is 78.5 Å². The van der Waals surface area contributed by atoms with Crippen molar-refractivity contribution in [1.82, 2.24) is 10.2 Å². The third-order valence-electron chi connectivity index (χ3n) is 5.96. The molecule has 1 aliphatic heterocycles. The number of carbonyl (C=O) groups excluding carboxylic acids is 1. The lowest BCUT2D eigenvalue weighted by molar-refractivity contribution is 0.249. The van der Waals surface area contributed by atoms with Crippen molar-refractivity contribution in [3.05, 3.63) is 94.5 Å². The number of rotatable bonds is 6. The highest BCUT2D eigenvalue weighted by molar-refractivity contribution is 7.90. The Morgan fingerprint density at radius 1 is 1.00 bits per heavy atom. The van der Waals surface area contributed by atoms with Crippen LogP contribution in [0.15, 0.2) is 71.6 Å². The van der Waals surface area contributed by atoms with Crippen LogP contribution in [0.25, 0.3) is 0 Å². The second-order valence-corrected chi connectivity index (χ2v) is 10.7. The number of anilines is 1. The second-order valence-electron chi connectivity index (χ2n) is 8.74. The van der Waals surface area contributed by atoms with E-state index in [1.807, 2.05) is 55.5 Å². The number of fused-ring (bicyclic) bond motifs is 1. The number of hydrogen-bond acceptors (Lipinski definition) is 4. The normalized spacial score (nSPS) is 14.5. The summed E-state index contributed by atoms with van der Waals surface area (Å²) in [6.45, 7) is 5.44. The number of nitrogens with one attached hydrogen (secondary N) is 2. The maximum Gasteiger partial charge on any atom is 0.319 e. The molecule has 3 aromatic rings. The van der Waals surface area contributed by atoms with Crippen molar-refractivity contribution in [1.29, 1.82) is 0 Å². The van der Waals surface area contributed by atoms with Gasteiger partial charge in [0.1, 0.15) is 0 Å². The van der Waals surface area contributed by atoms with Crippen molar-refractivity contribution in [3.8, 4) is 0 Å². The first-order valence-corrected chi connectivity index (χ1v) is 12.6. The molecule has 1 heterocycles. The van der Waals surface area contributed by atoms with Gasteiger partial charge in [-0.15, -0.1) is 0 Å². The molecule has 0 fully saturated rings. The predicted octanol–water partition coefficient (Wildman–Crippen LogP) is 4.80. The quantitative estimate of drug-likeness (QED) is 0.551. The SMILES string of the molecule is Cc1cc(S(=O)(=O)Cc2ccc3c(c2)CN(C)C3)ccc1NC(=O)NC(C)c1ccccc1. The van der Waals surface area contributed by atoms with Gasteiger partial charge >= 0.3 is 6.03 Å². The molecule has 7 heteroatoms. The van der Waals surface area contributed by atoms with Gasteiger partial charge in [0, 0.05) is 18.8 Å². The van der Waals surface area contributed by atoms with Gasteiger partial charge in [0.25, 0.3) is 0 Å². The molecule has 0 bridgehead atoms. The van der Waals surface area contributed by atoms with Gasteiger partial charge in [-0.2, -0.15) is 0 Å². The van der Waals surface area contributed by atoms with Crippen molar-refractivity contribution < 1.29 is 13.2 Å². The Morgan fingerprint density at radius 3 is 2.45 bits per heavy atom. The van der Waals surface area contributed by atoms with Crippen LogP contribution in [0.4, 0.5) is 10.5 Å². The van der Waals surface area contributed by atoms with Crippen LogP contribution in [0.5, 0.6) is 0 Å². The highest BCUT2D eigenvalue weighted by atomic mass is 32.2. The lowest BCUT2D eigenvalue weighted by Gasteiger charge is -2.16. The molecule has 4 rings (SSSR count). The summed E-state index contributed by atoms with van der Waals surface area (Å²) in [7, 11) is -1.46. The first-order chi connectivity index (χ1) is 15.7. The van der Waals surface area contributed by atoms with Gasteiger partial charge in [-0.1, -0.05) is 48.5 Å². The van der Waals surface area contributed by atoms with Crippen LogP contribution in [0.3, 0.4) is 0 Å². The minimum atomic E-state index is -3.51. The smallest absolute Gasteiger partial charge is 0.319 e. The summed E-state index contributed by atoms with van der Waals surface area (Å²) in [6.07, 6.45) is 0. The summed E-state index contributed by atoms with van der Waals surface area (Å²) in [4.78, 5) is 14.9. The van der Waals surface area contributed by atoms with E-state index in [-0.39, 0.29) is 22.7 Å². The fraction of sp³-hybridized carbons (Fsp3) is 0.269. The van der Waals surface area contributed by atoms with E-state index in [2.05, 4.69) is 22.6 Å². The van der Waals surface area contributed by atoms with Crippen molar-refractivity contribution >= 4 is 21.6 Å². The number of nitrogens with zero attached hydrogens (tertiary/aromatic N) is 1. The van der Waals surface area contributed by atoms with Gasteiger partial charge in [-0.25, -0.2) is 13.2 Å². The maximum atomic E-state index is 13.0. The zero-order valence-electron chi connectivity index (χ0n) is 19.1. The van der Waals surface area contributed by atoms with Crippen LogP contribution >= 0.6 is 0 Å². The van der Waals surface area contributed by atoms with Gasteiger partial charge in [0.05, 0.1) is 16.7 Å². The summed E-state index contributed by atoms with van der Waals surface area (Å²) in [5.41, 5.74) is 5.50. The molecule has 172 valence electrons. The average molecular weight is 464 g/mol. The fourth-order valence-corrected chi connectivity index (χ4v) is 5.58. The Bertz CT molecular complexity index is 1270. The van der Waals surface area contributed by atoms with Crippen molar-refractivity contribution in [2.24, 2.45) is 0 Å². The van der Waals surface area contributed by atoms with Crippen LogP contribution in [-0.4, -0.2) is 26.4 Å². The van der Waals surface area contributed by atoms with E-state index in [1.54, 1.807) is 25.1 Å². The Balaban J connectivity index is 1.43. The summed E-state index contributed by atoms with van der Waals surface area (Å²) in [5, 5.41) is 5.72. The predicted molar refractivity (Wildman–Crippen MR) is 131 cm³/mol. The number of aryl methyl sites for hydroxylation is 1. The van der Waals surface area contributed by atoms with Gasteiger partial charge in [-0.3, -0.25) is 4.90 Å². The molecule has 0 saturated carbocycles. The average Bonchev–Trinajstić information content (AvgIpc) is 3.14. The van der Waals surface area contributed by atoms with Gasteiger partial charge in [0.15, 0.2) is 9.84 Å². The highest BCUT2D eigenvalue weighted by Gasteiger charge is 2.20. The first-order valence-electron chi connectivity index (χ1n) is 11.0. The molecule has 6 nitrogen and oxygen atoms in total. The molecule has 0 aliphatic carbocycles. The number of hydrogen-bond donors (Lipinski definition) is 2. The van der Waals surface area contributed by atoms with Crippen LogP contribution in [0.1, 0.15) is 40.8 Å². The van der Waals surface area contributed by atoms with E-state index in [9.17, 15) is 13.2 Å². The number of amides is 2. The second kappa shape index (κ2) is 9.37. The van der Waals surface area contributed by atoms with Crippen molar-refractivity contribution in [2.45, 2.75) is 43.6 Å². The molecule has 2 N–H and O–H groups in total. The minimum absolute atomic E-state index is 0.0503. The third kappa shape index (κ3) is 5.43. The lowest BCUT2D eigenvalue weighted by Crippen LogP contribution is -2.31. The summed E-state index contributed by atoms with van der Waals surface area (Å²) < 4.78 is 26.1. The van der Waals surface area contributed by atoms with Gasteiger partial charge in [0.2, 0.25) is 0 Å². The molecule has 0 radical (unpaired) electrons. The molecular weight excluding hydrogens is 434 g/mol. The van der Waals surface area contributed by atoms with Crippen LogP contribution in [-0.2, 0) is 28.7 Å². The summed E-state index contributed by atoms with van der Waals surface area (Å²) in [5.74, 6) is -0.0503. The molecule has 1 atom stereocenters. The van der Waals surface area contributed by atoms with Crippen LogP contribution < -0.4 is 10.6 Å². The van der Waals surface area contributed by atoms with Gasteiger partial charge in [-0.05, 0) is 66.9 Å². The molecule has 0 spiro atoms. The zero-order chi connectivity index (χ0) is 23.6. The summed E-state index contributed by atoms with van der Waals surface area (Å²) in [6, 6.07) is 19.9.